The molecular formula is C18H13N5O3S. The minimum absolute atomic E-state index is 0.0449. The Bertz CT molecular complexity index is 1170. The number of aromatic amines is 1. The third kappa shape index (κ3) is 3.44. The van der Waals surface area contributed by atoms with E-state index in [4.69, 9.17) is 0 Å². The number of hydrogen-bond donors (Lipinski definition) is 1. The molecule has 2 aromatic heterocycles. The van der Waals surface area contributed by atoms with Crippen molar-refractivity contribution in [1.82, 2.24) is 19.7 Å². The van der Waals surface area contributed by atoms with Crippen LogP contribution in [0, 0.1) is 10.1 Å². The highest BCUT2D eigenvalue weighted by atomic mass is 32.2. The molecule has 0 radical (unpaired) electrons. The number of H-pyrrole nitrogens is 1. The van der Waals surface area contributed by atoms with Crippen LogP contribution in [-0.4, -0.2) is 24.7 Å². The maximum atomic E-state index is 12.3. The Labute approximate surface area is 157 Å². The van der Waals surface area contributed by atoms with Gasteiger partial charge in [-0.05, 0) is 17.7 Å². The fraction of sp³-hybridized carbons (Fsp3) is 0.0556. The normalized spacial score (nSPS) is 11.0. The van der Waals surface area contributed by atoms with Crippen LogP contribution in [0.2, 0.25) is 0 Å². The smallest absolute Gasteiger partial charge is 0.269 e. The summed E-state index contributed by atoms with van der Waals surface area (Å²) in [5.74, 6) is 0.520. The van der Waals surface area contributed by atoms with Crippen molar-refractivity contribution in [3.8, 4) is 5.69 Å². The van der Waals surface area contributed by atoms with E-state index in [0.717, 1.165) is 11.3 Å². The molecule has 0 amide bonds. The Balaban J connectivity index is 1.62. The van der Waals surface area contributed by atoms with Gasteiger partial charge in [0, 0.05) is 17.9 Å². The molecular weight excluding hydrogens is 366 g/mol. The first-order valence-corrected chi connectivity index (χ1v) is 9.00. The van der Waals surface area contributed by atoms with Crippen LogP contribution in [0.5, 0.6) is 0 Å². The Morgan fingerprint density at radius 2 is 1.85 bits per heavy atom. The zero-order chi connectivity index (χ0) is 18.8. The molecule has 0 fully saturated rings. The maximum absolute atomic E-state index is 12.3. The average molecular weight is 379 g/mol. The van der Waals surface area contributed by atoms with Crippen molar-refractivity contribution in [3.63, 3.8) is 0 Å². The monoisotopic (exact) mass is 379 g/mol. The van der Waals surface area contributed by atoms with Gasteiger partial charge in [-0.1, -0.05) is 42.1 Å². The largest absolute Gasteiger partial charge is 0.301 e. The number of nitro groups is 1. The van der Waals surface area contributed by atoms with Crippen molar-refractivity contribution < 1.29 is 4.92 Å². The lowest BCUT2D eigenvalue weighted by Gasteiger charge is -2.04. The molecule has 9 heteroatoms. The van der Waals surface area contributed by atoms with Crippen LogP contribution < -0.4 is 5.56 Å². The standard InChI is InChI=1S/C18H13N5O3S/c24-17-15-10-19-22(13-4-2-1-3-5-13)16(15)20-18(21-17)27-11-12-6-8-14(9-7-12)23(25)26/h1-10H,11H2,(H,20,21,24). The Hall–Kier alpha value is -3.46. The van der Waals surface area contributed by atoms with Crippen molar-refractivity contribution >= 4 is 28.5 Å². The first-order valence-electron chi connectivity index (χ1n) is 8.01. The van der Waals surface area contributed by atoms with Crippen molar-refractivity contribution in [2.24, 2.45) is 0 Å². The van der Waals surface area contributed by atoms with Crippen LogP contribution in [0.1, 0.15) is 5.56 Å². The molecule has 0 bridgehead atoms. The lowest BCUT2D eigenvalue weighted by Crippen LogP contribution is -2.09. The molecule has 0 aliphatic heterocycles. The van der Waals surface area contributed by atoms with E-state index >= 15 is 0 Å². The molecule has 0 saturated carbocycles. The molecule has 27 heavy (non-hydrogen) atoms. The van der Waals surface area contributed by atoms with Gasteiger partial charge in [0.2, 0.25) is 0 Å². The summed E-state index contributed by atoms with van der Waals surface area (Å²) in [6.07, 6.45) is 1.50. The summed E-state index contributed by atoms with van der Waals surface area (Å²) in [5, 5.41) is 15.9. The van der Waals surface area contributed by atoms with Crippen molar-refractivity contribution in [2.45, 2.75) is 10.9 Å². The predicted molar refractivity (Wildman–Crippen MR) is 102 cm³/mol. The van der Waals surface area contributed by atoms with Crippen LogP contribution >= 0.6 is 11.8 Å². The van der Waals surface area contributed by atoms with Crippen molar-refractivity contribution in [3.05, 3.63) is 86.8 Å². The summed E-state index contributed by atoms with van der Waals surface area (Å²) >= 11 is 1.35. The SMILES string of the molecule is O=c1[nH]c(SCc2ccc([N+](=O)[O-])cc2)nc2c1cnn2-c1ccccc1. The highest BCUT2D eigenvalue weighted by Crippen LogP contribution is 2.22. The number of thioether (sulfide) groups is 1. The molecule has 0 saturated heterocycles. The van der Waals surface area contributed by atoms with Gasteiger partial charge >= 0.3 is 0 Å². The van der Waals surface area contributed by atoms with Crippen LogP contribution in [0.4, 0.5) is 5.69 Å². The molecule has 0 spiro atoms. The van der Waals surface area contributed by atoms with Gasteiger partial charge in [0.1, 0.15) is 5.39 Å². The summed E-state index contributed by atoms with van der Waals surface area (Å²) in [7, 11) is 0. The third-order valence-corrected chi connectivity index (χ3v) is 4.88. The zero-order valence-corrected chi connectivity index (χ0v) is 14.7. The average Bonchev–Trinajstić information content (AvgIpc) is 3.12. The molecule has 134 valence electrons. The lowest BCUT2D eigenvalue weighted by atomic mass is 10.2. The molecule has 4 rings (SSSR count). The van der Waals surface area contributed by atoms with Crippen LogP contribution in [0.3, 0.4) is 0 Å². The lowest BCUT2D eigenvalue weighted by molar-refractivity contribution is -0.384. The fourth-order valence-corrected chi connectivity index (χ4v) is 3.40. The third-order valence-electron chi connectivity index (χ3n) is 3.94. The number of nitrogens with one attached hydrogen (secondary N) is 1. The number of para-hydroxylation sites is 1. The van der Waals surface area contributed by atoms with Crippen LogP contribution in [0.15, 0.2) is 70.7 Å². The van der Waals surface area contributed by atoms with E-state index in [0.29, 0.717) is 21.9 Å². The fourth-order valence-electron chi connectivity index (χ4n) is 2.59. The molecule has 0 aliphatic carbocycles. The summed E-state index contributed by atoms with van der Waals surface area (Å²) in [6, 6.07) is 15.8. The number of non-ortho nitro benzene ring substituents is 1. The van der Waals surface area contributed by atoms with Gasteiger partial charge in [-0.2, -0.15) is 5.10 Å². The Morgan fingerprint density at radius 1 is 1.11 bits per heavy atom. The summed E-state index contributed by atoms with van der Waals surface area (Å²) in [5.41, 5.74) is 1.98. The second-order valence-electron chi connectivity index (χ2n) is 5.71. The number of nitro benzene ring substituents is 1. The van der Waals surface area contributed by atoms with Gasteiger partial charge < -0.3 is 4.98 Å². The van der Waals surface area contributed by atoms with E-state index in [9.17, 15) is 14.9 Å². The first-order chi connectivity index (χ1) is 13.1. The van der Waals surface area contributed by atoms with Gasteiger partial charge in [0.15, 0.2) is 10.8 Å². The second kappa shape index (κ2) is 7.04. The number of hydrogen-bond acceptors (Lipinski definition) is 6. The highest BCUT2D eigenvalue weighted by Gasteiger charge is 2.12. The van der Waals surface area contributed by atoms with E-state index < -0.39 is 4.92 Å². The molecule has 0 aliphatic rings. The maximum Gasteiger partial charge on any atom is 0.269 e. The van der Waals surface area contributed by atoms with E-state index in [1.54, 1.807) is 16.8 Å². The van der Waals surface area contributed by atoms with E-state index in [1.807, 2.05) is 30.3 Å². The van der Waals surface area contributed by atoms with Gasteiger partial charge in [0.25, 0.3) is 11.2 Å². The molecule has 8 nitrogen and oxygen atoms in total. The number of aromatic nitrogens is 4. The molecule has 0 unspecified atom stereocenters. The minimum Gasteiger partial charge on any atom is -0.301 e. The number of nitrogens with zero attached hydrogens (tertiary/aromatic N) is 4. The van der Waals surface area contributed by atoms with Crippen molar-refractivity contribution in [1.29, 1.82) is 0 Å². The van der Waals surface area contributed by atoms with Gasteiger partial charge in [-0.25, -0.2) is 9.67 Å². The molecule has 2 aromatic carbocycles. The van der Waals surface area contributed by atoms with Crippen molar-refractivity contribution in [2.75, 3.05) is 0 Å². The molecule has 1 N–H and O–H groups in total. The topological polar surface area (TPSA) is 107 Å². The summed E-state index contributed by atoms with van der Waals surface area (Å²) in [4.78, 5) is 29.9. The summed E-state index contributed by atoms with van der Waals surface area (Å²) < 4.78 is 1.63. The van der Waals surface area contributed by atoms with E-state index in [1.165, 1.54) is 30.1 Å². The summed E-state index contributed by atoms with van der Waals surface area (Å²) in [6.45, 7) is 0. The first kappa shape index (κ1) is 17.0. The van der Waals surface area contributed by atoms with Gasteiger partial charge in [0.05, 0.1) is 16.8 Å². The second-order valence-corrected chi connectivity index (χ2v) is 6.68. The molecule has 2 heterocycles. The predicted octanol–water partition coefficient (Wildman–Crippen LogP) is 3.31. The minimum atomic E-state index is -0.436. The number of rotatable bonds is 5. The van der Waals surface area contributed by atoms with E-state index in [2.05, 4.69) is 15.1 Å². The van der Waals surface area contributed by atoms with Gasteiger partial charge in [-0.15, -0.1) is 0 Å². The number of benzene rings is 2. The molecule has 4 aromatic rings. The Kier molecular flexibility index (Phi) is 4.43. The molecule has 0 atom stereocenters. The quantitative estimate of drug-likeness (QED) is 0.247. The van der Waals surface area contributed by atoms with Crippen LogP contribution in [-0.2, 0) is 5.75 Å². The van der Waals surface area contributed by atoms with Crippen LogP contribution in [0.25, 0.3) is 16.7 Å². The van der Waals surface area contributed by atoms with E-state index in [-0.39, 0.29) is 11.2 Å². The highest BCUT2D eigenvalue weighted by molar-refractivity contribution is 7.98. The number of fused-ring (bicyclic) bond motifs is 1. The Morgan fingerprint density at radius 3 is 2.56 bits per heavy atom. The van der Waals surface area contributed by atoms with Gasteiger partial charge in [-0.3, -0.25) is 14.9 Å². The zero-order valence-electron chi connectivity index (χ0n) is 13.9.